The summed E-state index contributed by atoms with van der Waals surface area (Å²) in [5, 5.41) is 2.62. The average molecular weight is 517 g/mol. The van der Waals surface area contributed by atoms with Crippen LogP contribution in [0, 0.1) is 3.57 Å². The molecular weight excluding hydrogens is 507 g/mol. The number of fused-ring (bicyclic) bond motifs is 3. The summed E-state index contributed by atoms with van der Waals surface area (Å²) in [7, 11) is 0. The molecule has 0 aliphatic rings. The molecule has 0 amide bonds. The van der Waals surface area contributed by atoms with E-state index in [-0.39, 0.29) is 15.6 Å². The molecule has 0 N–H and O–H groups in total. The minimum Gasteiger partial charge on any atom is -0.330 e. The molecule has 7 heteroatoms. The van der Waals surface area contributed by atoms with Crippen molar-refractivity contribution in [1.82, 2.24) is 4.73 Å². The van der Waals surface area contributed by atoms with E-state index in [0.29, 0.717) is 5.02 Å². The molecule has 0 radical (unpaired) electrons. The van der Waals surface area contributed by atoms with Crippen LogP contribution in [-0.2, 0) is 0 Å². The lowest BCUT2D eigenvalue weighted by atomic mass is 10.2. The molecule has 26 heavy (non-hydrogen) atoms. The molecule has 3 aromatic carbocycles. The molecule has 0 aliphatic carbocycles. The number of aromatic nitrogens is 1. The van der Waals surface area contributed by atoms with Gasteiger partial charge in [0.15, 0.2) is 0 Å². The Morgan fingerprint density at radius 1 is 0.885 bits per heavy atom. The Labute approximate surface area is 177 Å². The molecule has 0 saturated carbocycles. The SMILES string of the molecule is O=C(On1c2ccccc2c2cc(I)ccc21)c1c(Cl)cc(Cl)cc1Cl. The summed E-state index contributed by atoms with van der Waals surface area (Å²) in [4.78, 5) is 18.4. The van der Waals surface area contributed by atoms with Gasteiger partial charge >= 0.3 is 5.97 Å². The zero-order chi connectivity index (χ0) is 18.4. The van der Waals surface area contributed by atoms with E-state index in [1.54, 1.807) is 0 Å². The Bertz CT molecular complexity index is 1160. The topological polar surface area (TPSA) is 31.2 Å². The number of rotatable bonds is 2. The van der Waals surface area contributed by atoms with Gasteiger partial charge in [-0.25, -0.2) is 4.79 Å². The summed E-state index contributed by atoms with van der Waals surface area (Å²) >= 11 is 20.5. The van der Waals surface area contributed by atoms with E-state index in [9.17, 15) is 4.79 Å². The molecule has 0 atom stereocenters. The highest BCUT2D eigenvalue weighted by atomic mass is 127. The molecule has 0 spiro atoms. The second-order valence-electron chi connectivity index (χ2n) is 5.60. The van der Waals surface area contributed by atoms with Crippen LogP contribution in [0.2, 0.25) is 15.1 Å². The third-order valence-electron chi connectivity index (χ3n) is 3.98. The van der Waals surface area contributed by atoms with E-state index in [1.165, 1.54) is 16.9 Å². The lowest BCUT2D eigenvalue weighted by Crippen LogP contribution is -2.20. The number of halogens is 4. The molecule has 130 valence electrons. The highest BCUT2D eigenvalue weighted by Crippen LogP contribution is 2.32. The monoisotopic (exact) mass is 515 g/mol. The quantitative estimate of drug-likeness (QED) is 0.280. The number of carbonyl (C=O) groups excluding carboxylic acids is 1. The Balaban J connectivity index is 1.88. The normalized spacial score (nSPS) is 11.2. The summed E-state index contributed by atoms with van der Waals surface area (Å²) in [6.45, 7) is 0. The van der Waals surface area contributed by atoms with E-state index >= 15 is 0 Å². The smallest absolute Gasteiger partial charge is 0.330 e. The van der Waals surface area contributed by atoms with Gasteiger partial charge in [-0.2, -0.15) is 4.73 Å². The van der Waals surface area contributed by atoms with Crippen LogP contribution in [0.5, 0.6) is 0 Å². The average Bonchev–Trinajstić information content (AvgIpc) is 2.88. The van der Waals surface area contributed by atoms with Crippen molar-refractivity contribution in [3.8, 4) is 0 Å². The Morgan fingerprint density at radius 3 is 2.27 bits per heavy atom. The first-order valence-corrected chi connectivity index (χ1v) is 9.73. The predicted molar refractivity (Wildman–Crippen MR) is 115 cm³/mol. The zero-order valence-electron chi connectivity index (χ0n) is 13.0. The van der Waals surface area contributed by atoms with Gasteiger partial charge in [0.1, 0.15) is 0 Å². The van der Waals surface area contributed by atoms with Crippen molar-refractivity contribution in [2.45, 2.75) is 0 Å². The van der Waals surface area contributed by atoms with Gasteiger partial charge in [-0.05, 0) is 59.0 Å². The van der Waals surface area contributed by atoms with Crippen LogP contribution < -0.4 is 4.84 Å². The van der Waals surface area contributed by atoms with E-state index in [1.807, 2.05) is 42.5 Å². The van der Waals surface area contributed by atoms with E-state index in [4.69, 9.17) is 39.6 Å². The maximum atomic E-state index is 12.8. The minimum atomic E-state index is -0.655. The summed E-state index contributed by atoms with van der Waals surface area (Å²) < 4.78 is 2.60. The molecule has 0 aliphatic heterocycles. The van der Waals surface area contributed by atoms with Gasteiger partial charge in [-0.3, -0.25) is 0 Å². The largest absolute Gasteiger partial charge is 0.366 e. The molecule has 1 aromatic heterocycles. The molecule has 4 rings (SSSR count). The highest BCUT2D eigenvalue weighted by Gasteiger charge is 2.21. The van der Waals surface area contributed by atoms with Gasteiger partial charge in [-0.1, -0.05) is 53.0 Å². The molecule has 0 bridgehead atoms. The molecule has 0 saturated heterocycles. The number of para-hydroxylation sites is 1. The lowest BCUT2D eigenvalue weighted by Gasteiger charge is -2.10. The van der Waals surface area contributed by atoms with Crippen molar-refractivity contribution >= 4 is 85.2 Å². The Kier molecular flexibility index (Phi) is 4.77. The minimum absolute atomic E-state index is 0.0779. The maximum Gasteiger partial charge on any atom is 0.366 e. The van der Waals surface area contributed by atoms with Gasteiger partial charge < -0.3 is 4.84 Å². The summed E-state index contributed by atoms with van der Waals surface area (Å²) in [5.41, 5.74) is 1.63. The van der Waals surface area contributed by atoms with Gasteiger partial charge in [0.2, 0.25) is 0 Å². The third kappa shape index (κ3) is 3.05. The molecule has 0 unspecified atom stereocenters. The second kappa shape index (κ2) is 6.93. The fraction of sp³-hybridized carbons (Fsp3) is 0. The van der Waals surface area contributed by atoms with Crippen molar-refractivity contribution < 1.29 is 9.63 Å². The van der Waals surface area contributed by atoms with Crippen molar-refractivity contribution in [3.05, 3.63) is 78.8 Å². The van der Waals surface area contributed by atoms with Crippen molar-refractivity contribution in [2.75, 3.05) is 0 Å². The van der Waals surface area contributed by atoms with Crippen LogP contribution in [0.4, 0.5) is 0 Å². The fourth-order valence-corrected chi connectivity index (χ4v) is 4.34. The fourth-order valence-electron chi connectivity index (χ4n) is 2.87. The Morgan fingerprint density at radius 2 is 1.54 bits per heavy atom. The summed E-state index contributed by atoms with van der Waals surface area (Å²) in [6.07, 6.45) is 0. The third-order valence-corrected chi connectivity index (χ3v) is 5.46. The van der Waals surface area contributed by atoms with Crippen molar-refractivity contribution in [2.24, 2.45) is 0 Å². The van der Waals surface area contributed by atoms with Gasteiger partial charge in [0, 0.05) is 19.4 Å². The first-order valence-electron chi connectivity index (χ1n) is 7.51. The van der Waals surface area contributed by atoms with E-state index in [0.717, 1.165) is 25.4 Å². The van der Waals surface area contributed by atoms with Crippen LogP contribution in [0.25, 0.3) is 21.8 Å². The Hall–Kier alpha value is -1.47. The maximum absolute atomic E-state index is 12.8. The predicted octanol–water partition coefficient (Wildman–Crippen LogP) is 6.63. The second-order valence-corrected chi connectivity index (χ2v) is 8.09. The van der Waals surface area contributed by atoms with E-state index in [2.05, 4.69) is 22.6 Å². The summed E-state index contributed by atoms with van der Waals surface area (Å²) in [6, 6.07) is 16.5. The van der Waals surface area contributed by atoms with Gasteiger partial charge in [0.25, 0.3) is 0 Å². The first kappa shape index (κ1) is 17.9. The highest BCUT2D eigenvalue weighted by molar-refractivity contribution is 14.1. The first-order chi connectivity index (χ1) is 12.5. The lowest BCUT2D eigenvalue weighted by molar-refractivity contribution is 0.0501. The van der Waals surface area contributed by atoms with Crippen molar-refractivity contribution in [3.63, 3.8) is 0 Å². The van der Waals surface area contributed by atoms with Crippen LogP contribution in [0.3, 0.4) is 0 Å². The van der Waals surface area contributed by atoms with Crippen LogP contribution in [0.1, 0.15) is 10.4 Å². The van der Waals surface area contributed by atoms with Gasteiger partial charge in [-0.15, -0.1) is 0 Å². The van der Waals surface area contributed by atoms with E-state index < -0.39 is 5.97 Å². The molecule has 1 heterocycles. The number of hydrogen-bond acceptors (Lipinski definition) is 2. The molecule has 0 fully saturated rings. The van der Waals surface area contributed by atoms with Crippen LogP contribution in [0.15, 0.2) is 54.6 Å². The molecule has 3 nitrogen and oxygen atoms in total. The van der Waals surface area contributed by atoms with Crippen LogP contribution in [-0.4, -0.2) is 10.7 Å². The number of carbonyl (C=O) groups is 1. The van der Waals surface area contributed by atoms with Crippen LogP contribution >= 0.6 is 57.4 Å². The number of benzene rings is 3. The number of hydrogen-bond donors (Lipinski definition) is 0. The molecule has 4 aromatic rings. The number of nitrogens with zero attached hydrogens (tertiary/aromatic N) is 1. The summed E-state index contributed by atoms with van der Waals surface area (Å²) in [5.74, 6) is -0.655. The zero-order valence-corrected chi connectivity index (χ0v) is 17.4. The van der Waals surface area contributed by atoms with Gasteiger partial charge in [0.05, 0.1) is 26.6 Å². The van der Waals surface area contributed by atoms with Crippen molar-refractivity contribution in [1.29, 1.82) is 0 Å². The molecular formula is C19H9Cl3INO2. The standard InChI is InChI=1S/C19H9Cl3INO2/c20-10-7-14(21)18(15(22)8-10)19(25)26-24-16-4-2-1-3-12(16)13-9-11(23)5-6-17(13)24/h1-9H.